The van der Waals surface area contributed by atoms with Crippen molar-refractivity contribution >= 4 is 39.8 Å². The maximum Gasteiger partial charge on any atom is 0.303 e. The van der Waals surface area contributed by atoms with Crippen molar-refractivity contribution in [2.75, 3.05) is 25.0 Å². The number of aldehydes is 1. The first-order valence-electron chi connectivity index (χ1n) is 8.74. The van der Waals surface area contributed by atoms with Gasteiger partial charge in [-0.05, 0) is 38.0 Å². The van der Waals surface area contributed by atoms with Crippen LogP contribution in [0.15, 0.2) is 16.6 Å². The summed E-state index contributed by atoms with van der Waals surface area (Å²) >= 11 is 3.22. The number of rotatable bonds is 9. The van der Waals surface area contributed by atoms with Gasteiger partial charge in [-0.1, -0.05) is 29.8 Å². The molecule has 1 amide bonds. The molecule has 0 unspecified atom stereocenters. The van der Waals surface area contributed by atoms with E-state index >= 15 is 0 Å². The molecule has 2 N–H and O–H groups in total. The van der Waals surface area contributed by atoms with Gasteiger partial charge in [0.2, 0.25) is 5.91 Å². The summed E-state index contributed by atoms with van der Waals surface area (Å²) in [5, 5.41) is 11.2. The number of aliphatic carboxylic acids is 1. The molecule has 0 saturated carbocycles. The van der Waals surface area contributed by atoms with E-state index in [0.29, 0.717) is 16.5 Å². The Bertz CT molecular complexity index is 665. The highest BCUT2D eigenvalue weighted by molar-refractivity contribution is 9.10. The fraction of sp³-hybridized carbons (Fsp3) is 0.526. The van der Waals surface area contributed by atoms with Crippen LogP contribution in [0.2, 0.25) is 0 Å². The summed E-state index contributed by atoms with van der Waals surface area (Å²) in [4.78, 5) is 35.2. The predicted octanol–water partition coefficient (Wildman–Crippen LogP) is 3.51. The van der Waals surface area contributed by atoms with E-state index in [-0.39, 0.29) is 31.1 Å². The Hall–Kier alpha value is -1.96. The van der Waals surface area contributed by atoms with Gasteiger partial charge in [-0.3, -0.25) is 9.59 Å². The number of anilines is 1. The second kappa shape index (κ2) is 11.7. The van der Waals surface area contributed by atoms with Crippen LogP contribution in [0.4, 0.5) is 10.1 Å². The normalized spacial score (nSPS) is 10.5. The topological polar surface area (TPSA) is 86.7 Å². The molecule has 0 radical (unpaired) electrons. The van der Waals surface area contributed by atoms with Gasteiger partial charge in [-0.25, -0.2) is 4.39 Å². The molecule has 152 valence electrons. The van der Waals surface area contributed by atoms with Crippen LogP contribution in [-0.4, -0.2) is 43.4 Å². The molecule has 0 heterocycles. The lowest BCUT2D eigenvalue weighted by Crippen LogP contribution is -2.37. The first-order valence-corrected chi connectivity index (χ1v) is 9.53. The molecule has 0 bridgehead atoms. The molecule has 27 heavy (non-hydrogen) atoms. The zero-order valence-corrected chi connectivity index (χ0v) is 18.0. The Morgan fingerprint density at radius 1 is 1.33 bits per heavy atom. The van der Waals surface area contributed by atoms with E-state index in [1.165, 1.54) is 11.0 Å². The van der Waals surface area contributed by atoms with Crippen molar-refractivity contribution in [2.45, 2.75) is 46.0 Å². The summed E-state index contributed by atoms with van der Waals surface area (Å²) in [6.45, 7) is 7.46. The van der Waals surface area contributed by atoms with E-state index in [1.807, 2.05) is 13.8 Å². The molecule has 0 aliphatic carbocycles. The van der Waals surface area contributed by atoms with Crippen molar-refractivity contribution in [3.05, 3.63) is 28.0 Å². The van der Waals surface area contributed by atoms with Crippen LogP contribution < -0.4 is 10.2 Å². The molecule has 0 saturated heterocycles. The maximum atomic E-state index is 14.5. The van der Waals surface area contributed by atoms with Crippen molar-refractivity contribution in [1.82, 2.24) is 5.32 Å². The van der Waals surface area contributed by atoms with Crippen LogP contribution in [0.1, 0.15) is 46.1 Å². The molecule has 0 spiro atoms. The number of amides is 1. The molecule has 8 heteroatoms. The molecule has 0 aliphatic rings. The Kier molecular flexibility index (Phi) is 10.8. The highest BCUT2D eigenvalue weighted by Crippen LogP contribution is 2.35. The molecule has 1 aromatic rings. The number of carboxylic acids is 1. The number of nitrogens with zero attached hydrogens (tertiary/aromatic N) is 1. The minimum absolute atomic E-state index is 0.0326. The molecule has 6 nitrogen and oxygen atoms in total. The van der Waals surface area contributed by atoms with Crippen molar-refractivity contribution in [1.29, 1.82) is 0 Å². The number of hydrogen-bond acceptors (Lipinski definition) is 4. The van der Waals surface area contributed by atoms with Crippen molar-refractivity contribution < 1.29 is 23.9 Å². The number of halogens is 2. The minimum atomic E-state index is -0.927. The average molecular weight is 447 g/mol. The summed E-state index contributed by atoms with van der Waals surface area (Å²) < 4.78 is 15.0. The van der Waals surface area contributed by atoms with E-state index < -0.39 is 17.2 Å². The zero-order chi connectivity index (χ0) is 21.2. The van der Waals surface area contributed by atoms with Crippen LogP contribution in [0.25, 0.3) is 0 Å². The van der Waals surface area contributed by atoms with Gasteiger partial charge in [0.05, 0.1) is 12.2 Å². The summed E-state index contributed by atoms with van der Waals surface area (Å²) in [6, 6.07) is 2.94. The van der Waals surface area contributed by atoms with Gasteiger partial charge in [0.25, 0.3) is 0 Å². The summed E-state index contributed by atoms with van der Waals surface area (Å²) in [6.07, 6.45) is 1.02. The molecule has 1 aromatic carbocycles. The third-order valence-corrected chi connectivity index (χ3v) is 4.13. The molecule has 0 atom stereocenters. The van der Waals surface area contributed by atoms with Crippen LogP contribution in [0, 0.1) is 5.82 Å². The van der Waals surface area contributed by atoms with Crippen LogP contribution in [0.3, 0.4) is 0 Å². The fourth-order valence-electron chi connectivity index (χ4n) is 2.33. The van der Waals surface area contributed by atoms with Gasteiger partial charge in [0.1, 0.15) is 12.1 Å². The van der Waals surface area contributed by atoms with Gasteiger partial charge in [-0.15, -0.1) is 0 Å². The molecular formula is C19H28BrFN2O4. The number of hydrogen-bond donors (Lipinski definition) is 2. The van der Waals surface area contributed by atoms with Crippen molar-refractivity contribution in [2.24, 2.45) is 0 Å². The second-order valence-electron chi connectivity index (χ2n) is 6.33. The van der Waals surface area contributed by atoms with E-state index in [2.05, 4.69) is 21.2 Å². The second-order valence-corrected chi connectivity index (χ2v) is 7.24. The monoisotopic (exact) mass is 446 g/mol. The lowest BCUT2D eigenvalue weighted by Gasteiger charge is -2.28. The van der Waals surface area contributed by atoms with Gasteiger partial charge < -0.3 is 20.1 Å². The number of nitrogens with one attached hydrogen (secondary N) is 1. The maximum absolute atomic E-state index is 14.5. The van der Waals surface area contributed by atoms with Gasteiger partial charge >= 0.3 is 5.97 Å². The molecule has 0 aromatic heterocycles. The minimum Gasteiger partial charge on any atom is -0.481 e. The van der Waals surface area contributed by atoms with E-state index in [1.54, 1.807) is 27.0 Å². The van der Waals surface area contributed by atoms with E-state index in [4.69, 9.17) is 5.11 Å². The summed E-state index contributed by atoms with van der Waals surface area (Å²) in [7, 11) is 1.56. The van der Waals surface area contributed by atoms with Crippen LogP contribution in [-0.2, 0) is 19.8 Å². The average Bonchev–Trinajstić information content (AvgIpc) is 2.59. The lowest BCUT2D eigenvalue weighted by molar-refractivity contribution is -0.137. The van der Waals surface area contributed by atoms with Gasteiger partial charge in [-0.2, -0.15) is 0 Å². The van der Waals surface area contributed by atoms with Crippen LogP contribution >= 0.6 is 15.9 Å². The number of likely N-dealkylation sites (N-methyl/N-ethyl adjacent to an activating group) is 1. The first-order chi connectivity index (χ1) is 12.6. The van der Waals surface area contributed by atoms with E-state index in [9.17, 15) is 18.8 Å². The zero-order valence-electron chi connectivity index (χ0n) is 16.4. The number of carbonyl (C=O) groups is 3. The smallest absolute Gasteiger partial charge is 0.303 e. The first kappa shape index (κ1) is 25.0. The predicted molar refractivity (Wildman–Crippen MR) is 108 cm³/mol. The van der Waals surface area contributed by atoms with Crippen molar-refractivity contribution in [3.63, 3.8) is 0 Å². The standard InChI is InChI=1S/C17H22BrFN2O4.C2H6/c1-17(2,10-22)12-7-11(18)8-13(19)16(12)21(3)9-14(23)20-6-4-5-15(24)25;1-2/h7-8,10H,4-6,9H2,1-3H3,(H,20,23)(H,24,25);1-2H3. The number of carbonyl (C=O) groups excluding carboxylic acids is 2. The number of carboxylic acid groups (broad SMARTS) is 1. The Balaban J connectivity index is 0.00000326. The highest BCUT2D eigenvalue weighted by atomic mass is 79.9. The SMILES string of the molecule is CC.CN(CC(=O)NCCCC(=O)O)c1c(F)cc(Br)cc1C(C)(C)C=O. The summed E-state index contributed by atoms with van der Waals surface area (Å²) in [5.74, 6) is -1.82. The van der Waals surface area contributed by atoms with Gasteiger partial charge in [0.15, 0.2) is 0 Å². The number of benzene rings is 1. The Morgan fingerprint density at radius 2 is 1.93 bits per heavy atom. The van der Waals surface area contributed by atoms with Gasteiger partial charge in [0, 0.05) is 29.9 Å². The molecule has 1 rings (SSSR count). The molecule has 0 fully saturated rings. The Labute approximate surface area is 168 Å². The third-order valence-electron chi connectivity index (χ3n) is 3.67. The largest absolute Gasteiger partial charge is 0.481 e. The fourth-order valence-corrected chi connectivity index (χ4v) is 2.76. The highest BCUT2D eigenvalue weighted by Gasteiger charge is 2.28. The quantitative estimate of drug-likeness (QED) is 0.447. The van der Waals surface area contributed by atoms with Crippen LogP contribution in [0.5, 0.6) is 0 Å². The molecule has 0 aliphatic heterocycles. The lowest BCUT2D eigenvalue weighted by atomic mass is 9.84. The third kappa shape index (κ3) is 8.07. The van der Waals surface area contributed by atoms with Crippen molar-refractivity contribution in [3.8, 4) is 0 Å². The van der Waals surface area contributed by atoms with E-state index in [0.717, 1.165) is 6.29 Å². The summed E-state index contributed by atoms with van der Waals surface area (Å²) in [5.41, 5.74) is -0.275. The Morgan fingerprint density at radius 3 is 2.44 bits per heavy atom. The molecular weight excluding hydrogens is 419 g/mol.